The molecule has 0 saturated carbocycles. The van der Waals surface area contributed by atoms with Crippen LogP contribution in [0.4, 0.5) is 13.2 Å². The predicted molar refractivity (Wildman–Crippen MR) is 67.2 cm³/mol. The molecule has 0 amide bonds. The lowest BCUT2D eigenvalue weighted by atomic mass is 10.2. The van der Waals surface area contributed by atoms with Gasteiger partial charge in [-0.3, -0.25) is 0 Å². The number of nitrogens with zero attached hydrogens (tertiary/aromatic N) is 2. The van der Waals surface area contributed by atoms with Gasteiger partial charge < -0.3 is 10.1 Å². The third-order valence-corrected chi connectivity index (χ3v) is 2.88. The number of nitrogens with one attached hydrogen (secondary N) is 1. The fourth-order valence-electron chi connectivity index (χ4n) is 1.64. The Morgan fingerprint density at radius 2 is 2.15 bits per heavy atom. The van der Waals surface area contributed by atoms with Gasteiger partial charge >= 0.3 is 6.18 Å². The molecule has 0 aromatic carbocycles. The summed E-state index contributed by atoms with van der Waals surface area (Å²) in [7, 11) is 1.80. The lowest BCUT2D eigenvalue weighted by Gasteiger charge is -2.15. The molecule has 0 aliphatic carbocycles. The largest absolute Gasteiger partial charge is 0.477 e. The van der Waals surface area contributed by atoms with E-state index >= 15 is 0 Å². The van der Waals surface area contributed by atoms with E-state index in [9.17, 15) is 13.2 Å². The van der Waals surface area contributed by atoms with Crippen molar-refractivity contribution in [1.82, 2.24) is 10.3 Å². The van der Waals surface area contributed by atoms with Crippen LogP contribution < -0.4 is 10.1 Å². The number of ether oxygens (including phenoxy) is 1. The van der Waals surface area contributed by atoms with Crippen molar-refractivity contribution in [2.75, 3.05) is 13.7 Å². The molecule has 1 atom stereocenters. The molecular formula is C13H16F3N3O. The summed E-state index contributed by atoms with van der Waals surface area (Å²) in [5.41, 5.74) is -1.07. The molecule has 0 aliphatic heterocycles. The topological polar surface area (TPSA) is 57.9 Å². The maximum Gasteiger partial charge on any atom is 0.433 e. The number of halogens is 3. The monoisotopic (exact) mass is 287 g/mol. The number of rotatable bonds is 6. The van der Waals surface area contributed by atoms with Crippen molar-refractivity contribution in [2.45, 2.75) is 32.0 Å². The number of hydrogen-bond acceptors (Lipinski definition) is 4. The average Bonchev–Trinajstić information content (AvgIpc) is 2.42. The van der Waals surface area contributed by atoms with E-state index in [1.54, 1.807) is 13.1 Å². The molecule has 0 bridgehead atoms. The lowest BCUT2D eigenvalue weighted by Crippen LogP contribution is -2.26. The second kappa shape index (κ2) is 7.10. The van der Waals surface area contributed by atoms with Crippen molar-refractivity contribution in [3.05, 3.63) is 23.4 Å². The van der Waals surface area contributed by atoms with Gasteiger partial charge in [0.2, 0.25) is 5.88 Å². The molecule has 0 spiro atoms. The minimum atomic E-state index is -4.55. The Bertz CT molecular complexity index is 479. The van der Waals surface area contributed by atoms with Gasteiger partial charge in [0, 0.05) is 6.04 Å². The summed E-state index contributed by atoms with van der Waals surface area (Å²) in [6, 6.07) is 3.83. The van der Waals surface area contributed by atoms with Crippen LogP contribution >= 0.6 is 0 Å². The Morgan fingerprint density at radius 3 is 2.65 bits per heavy atom. The Balaban J connectivity index is 2.80. The third kappa shape index (κ3) is 4.38. The fourth-order valence-corrected chi connectivity index (χ4v) is 1.64. The van der Waals surface area contributed by atoms with Gasteiger partial charge in [-0.1, -0.05) is 6.92 Å². The van der Waals surface area contributed by atoms with Gasteiger partial charge in [0.05, 0.1) is 6.61 Å². The highest BCUT2D eigenvalue weighted by atomic mass is 19.4. The SMILES string of the molecule is CCC(CCOc1nc(C(F)(F)F)ccc1C#N)NC. The molecule has 0 fully saturated rings. The van der Waals surface area contributed by atoms with Crippen LogP contribution in [0.1, 0.15) is 31.0 Å². The van der Waals surface area contributed by atoms with Crippen LogP contribution in [-0.2, 0) is 6.18 Å². The number of nitriles is 1. The maximum atomic E-state index is 12.6. The van der Waals surface area contributed by atoms with Gasteiger partial charge in [-0.15, -0.1) is 0 Å². The third-order valence-electron chi connectivity index (χ3n) is 2.88. The number of hydrogen-bond donors (Lipinski definition) is 1. The smallest absolute Gasteiger partial charge is 0.433 e. The minimum absolute atomic E-state index is 0.00416. The molecule has 1 N–H and O–H groups in total. The summed E-state index contributed by atoms with van der Waals surface area (Å²) in [6.45, 7) is 2.19. The first-order valence-electron chi connectivity index (χ1n) is 6.20. The Labute approximate surface area is 115 Å². The predicted octanol–water partition coefficient (Wildman–Crippen LogP) is 2.74. The Hall–Kier alpha value is -1.81. The van der Waals surface area contributed by atoms with Gasteiger partial charge in [-0.05, 0) is 32.0 Å². The highest BCUT2D eigenvalue weighted by Crippen LogP contribution is 2.30. The van der Waals surface area contributed by atoms with E-state index in [4.69, 9.17) is 10.00 Å². The average molecular weight is 287 g/mol. The minimum Gasteiger partial charge on any atom is -0.477 e. The van der Waals surface area contributed by atoms with Crippen molar-refractivity contribution >= 4 is 0 Å². The van der Waals surface area contributed by atoms with E-state index in [2.05, 4.69) is 10.3 Å². The zero-order chi connectivity index (χ0) is 15.2. The number of alkyl halides is 3. The summed E-state index contributed by atoms with van der Waals surface area (Å²) in [5, 5.41) is 11.9. The zero-order valence-corrected chi connectivity index (χ0v) is 11.3. The molecule has 0 aliphatic rings. The lowest BCUT2D eigenvalue weighted by molar-refractivity contribution is -0.141. The van der Waals surface area contributed by atoms with Crippen LogP contribution in [0.2, 0.25) is 0 Å². The van der Waals surface area contributed by atoms with Gasteiger partial charge in [-0.25, -0.2) is 4.98 Å². The van der Waals surface area contributed by atoms with E-state index in [0.29, 0.717) is 6.42 Å². The van der Waals surface area contributed by atoms with E-state index in [1.165, 1.54) is 0 Å². The summed E-state index contributed by atoms with van der Waals surface area (Å²) >= 11 is 0. The van der Waals surface area contributed by atoms with Crippen molar-refractivity contribution < 1.29 is 17.9 Å². The van der Waals surface area contributed by atoms with Gasteiger partial charge in [0.15, 0.2) is 0 Å². The first-order chi connectivity index (χ1) is 9.42. The van der Waals surface area contributed by atoms with Crippen LogP contribution in [0.5, 0.6) is 5.88 Å². The molecule has 0 radical (unpaired) electrons. The maximum absolute atomic E-state index is 12.6. The number of pyridine rings is 1. The normalized spacial score (nSPS) is 12.8. The summed E-state index contributed by atoms with van der Waals surface area (Å²) in [6.07, 6.45) is -3.06. The zero-order valence-electron chi connectivity index (χ0n) is 11.3. The molecule has 1 heterocycles. The molecule has 1 rings (SSSR count). The Kier molecular flexibility index (Phi) is 5.77. The molecule has 1 aromatic rings. The molecule has 1 unspecified atom stereocenters. The molecule has 7 heteroatoms. The first-order valence-corrected chi connectivity index (χ1v) is 6.20. The summed E-state index contributed by atoms with van der Waals surface area (Å²) in [4.78, 5) is 3.37. The van der Waals surface area contributed by atoms with Crippen molar-refractivity contribution in [1.29, 1.82) is 5.26 Å². The highest BCUT2D eigenvalue weighted by Gasteiger charge is 2.33. The molecular weight excluding hydrogens is 271 g/mol. The van der Waals surface area contributed by atoms with E-state index in [1.807, 2.05) is 6.92 Å². The van der Waals surface area contributed by atoms with Crippen LogP contribution in [0.15, 0.2) is 12.1 Å². The second-order valence-corrected chi connectivity index (χ2v) is 4.19. The van der Waals surface area contributed by atoms with Crippen molar-refractivity contribution in [3.8, 4) is 11.9 Å². The quantitative estimate of drug-likeness (QED) is 0.874. The Morgan fingerprint density at radius 1 is 1.45 bits per heavy atom. The molecule has 1 aromatic heterocycles. The fraction of sp³-hybridized carbons (Fsp3) is 0.538. The van der Waals surface area contributed by atoms with Crippen LogP contribution in [0, 0.1) is 11.3 Å². The van der Waals surface area contributed by atoms with E-state index < -0.39 is 11.9 Å². The molecule has 4 nitrogen and oxygen atoms in total. The summed E-state index contributed by atoms with van der Waals surface area (Å²) < 4.78 is 42.9. The summed E-state index contributed by atoms with van der Waals surface area (Å²) in [5.74, 6) is -0.270. The van der Waals surface area contributed by atoms with Crippen LogP contribution in [-0.4, -0.2) is 24.7 Å². The van der Waals surface area contributed by atoms with E-state index in [-0.39, 0.29) is 24.1 Å². The van der Waals surface area contributed by atoms with Crippen molar-refractivity contribution in [3.63, 3.8) is 0 Å². The van der Waals surface area contributed by atoms with E-state index in [0.717, 1.165) is 18.6 Å². The second-order valence-electron chi connectivity index (χ2n) is 4.19. The molecule has 0 saturated heterocycles. The standard InChI is InChI=1S/C13H16F3N3O/c1-3-10(18-2)6-7-20-12-9(8-17)4-5-11(19-12)13(14,15)16/h4-5,10,18H,3,6-7H2,1-2H3. The van der Waals surface area contributed by atoms with Gasteiger partial charge in [0.1, 0.15) is 17.3 Å². The molecule has 20 heavy (non-hydrogen) atoms. The van der Waals surface area contributed by atoms with Gasteiger partial charge in [0.25, 0.3) is 0 Å². The van der Waals surface area contributed by atoms with Crippen molar-refractivity contribution in [2.24, 2.45) is 0 Å². The van der Waals surface area contributed by atoms with Crippen LogP contribution in [0.3, 0.4) is 0 Å². The highest BCUT2D eigenvalue weighted by molar-refractivity contribution is 5.39. The molecule has 110 valence electrons. The first kappa shape index (κ1) is 16.2. The van der Waals surface area contributed by atoms with Crippen LogP contribution in [0.25, 0.3) is 0 Å². The van der Waals surface area contributed by atoms with Gasteiger partial charge in [-0.2, -0.15) is 18.4 Å². The number of aromatic nitrogens is 1.